The van der Waals surface area contributed by atoms with E-state index in [0.717, 1.165) is 19.3 Å². The van der Waals surface area contributed by atoms with Gasteiger partial charge in [-0.2, -0.15) is 0 Å². The zero-order chi connectivity index (χ0) is 24.2. The van der Waals surface area contributed by atoms with Gasteiger partial charge < -0.3 is 20.3 Å². The number of carbonyl (C=O) groups is 2. The minimum atomic E-state index is -2.38. The van der Waals surface area contributed by atoms with Gasteiger partial charge in [-0.15, -0.1) is 0 Å². The summed E-state index contributed by atoms with van der Waals surface area (Å²) in [5.74, 6) is -4.42. The molecule has 184 valence electrons. The number of alkyl halides is 1. The lowest BCUT2D eigenvalue weighted by atomic mass is 9.88. The Morgan fingerprint density at radius 3 is 2.45 bits per heavy atom. The topological polar surface area (TPSA) is 98.9 Å². The van der Waals surface area contributed by atoms with Gasteiger partial charge >= 0.3 is 11.9 Å². The highest BCUT2D eigenvalue weighted by Gasteiger charge is 2.85. The van der Waals surface area contributed by atoms with Gasteiger partial charge in [0.15, 0.2) is 0 Å². The van der Waals surface area contributed by atoms with Gasteiger partial charge in [0.2, 0.25) is 5.67 Å². The van der Waals surface area contributed by atoms with E-state index >= 15 is 4.39 Å². The van der Waals surface area contributed by atoms with E-state index < -0.39 is 41.1 Å². The molecule has 2 saturated carbocycles. The smallest absolute Gasteiger partial charge is 0.344 e. The molecule has 0 spiro atoms. The highest BCUT2D eigenvalue weighted by Crippen LogP contribution is 2.67. The summed E-state index contributed by atoms with van der Waals surface area (Å²) in [5, 5.41) is 10.5. The van der Waals surface area contributed by atoms with E-state index in [4.69, 9.17) is 38.4 Å². The molecule has 0 radical (unpaired) electrons. The molecule has 0 bridgehead atoms. The Kier molecular flexibility index (Phi) is 8.65. The molecule has 2 aliphatic rings. The fourth-order valence-electron chi connectivity index (χ4n) is 4.95. The molecule has 0 saturated heterocycles. The van der Waals surface area contributed by atoms with E-state index in [2.05, 4.69) is 6.92 Å². The summed E-state index contributed by atoms with van der Waals surface area (Å²) < 4.78 is 26.4. The predicted octanol–water partition coefficient (Wildman–Crippen LogP) is 5.31. The van der Waals surface area contributed by atoms with E-state index in [1.165, 1.54) is 19.3 Å². The molecule has 33 heavy (non-hydrogen) atoms. The quantitative estimate of drug-likeness (QED) is 0.279. The fraction of sp³-hybridized carbons (Fsp3) is 0.667. The van der Waals surface area contributed by atoms with Crippen LogP contribution in [0.3, 0.4) is 0 Å². The molecule has 0 aliphatic heterocycles. The maximum Gasteiger partial charge on any atom is 0.344 e. The molecule has 1 aromatic rings. The van der Waals surface area contributed by atoms with Crippen LogP contribution in [0.15, 0.2) is 18.2 Å². The highest BCUT2D eigenvalue weighted by atomic mass is 35.5. The van der Waals surface area contributed by atoms with Gasteiger partial charge in [-0.05, 0) is 30.5 Å². The number of aliphatic carboxylic acids is 1. The van der Waals surface area contributed by atoms with Gasteiger partial charge in [-0.3, -0.25) is 4.79 Å². The lowest BCUT2D eigenvalue weighted by Gasteiger charge is -2.32. The zero-order valence-corrected chi connectivity index (χ0v) is 20.3. The molecule has 0 aromatic heterocycles. The van der Waals surface area contributed by atoms with Crippen molar-refractivity contribution in [1.82, 2.24) is 0 Å². The van der Waals surface area contributed by atoms with Crippen LogP contribution in [-0.2, 0) is 25.7 Å². The largest absolute Gasteiger partial charge is 0.480 e. The van der Waals surface area contributed by atoms with Gasteiger partial charge in [-0.1, -0.05) is 74.7 Å². The second-order valence-corrected chi connectivity index (χ2v) is 9.95. The Balaban J connectivity index is 1.52. The molecule has 2 aliphatic carbocycles. The Hall–Kier alpha value is -1.41. The fourth-order valence-corrected chi connectivity index (χ4v) is 5.28. The number of ether oxygens (including phenoxy) is 2. The number of benzene rings is 1. The molecule has 2 fully saturated rings. The SMILES string of the molecule is CCCCCCCCCOC(=O)[C@@]1(F)[C@@H]2C[C@@H](OCc3ccc(Cl)c(Cl)c3)[C@@](N)(C(=O)O)[C@@H]21. The summed E-state index contributed by atoms with van der Waals surface area (Å²) in [6.07, 6.45) is 6.41. The first-order chi connectivity index (χ1) is 15.7. The third kappa shape index (κ3) is 5.31. The number of halogens is 3. The third-order valence-corrected chi connectivity index (χ3v) is 7.64. The minimum absolute atomic E-state index is 0.0256. The van der Waals surface area contributed by atoms with Crippen molar-refractivity contribution >= 4 is 35.1 Å². The molecular weight excluding hydrogens is 472 g/mol. The van der Waals surface area contributed by atoms with Crippen LogP contribution in [-0.4, -0.2) is 41.0 Å². The number of unbranched alkanes of at least 4 members (excludes halogenated alkanes) is 6. The first kappa shape index (κ1) is 26.2. The van der Waals surface area contributed by atoms with Crippen molar-refractivity contribution in [3.05, 3.63) is 33.8 Å². The summed E-state index contributed by atoms with van der Waals surface area (Å²) in [5.41, 5.74) is 2.46. The number of esters is 1. The lowest BCUT2D eigenvalue weighted by Crippen LogP contribution is -2.60. The summed E-state index contributed by atoms with van der Waals surface area (Å²) in [7, 11) is 0. The Morgan fingerprint density at radius 2 is 1.82 bits per heavy atom. The van der Waals surface area contributed by atoms with Gasteiger partial charge in [0.1, 0.15) is 5.54 Å². The van der Waals surface area contributed by atoms with E-state index in [0.29, 0.717) is 22.0 Å². The van der Waals surface area contributed by atoms with Gasteiger partial charge in [-0.25, -0.2) is 9.18 Å². The average molecular weight is 504 g/mol. The van der Waals surface area contributed by atoms with Crippen molar-refractivity contribution < 1.29 is 28.6 Å². The van der Waals surface area contributed by atoms with Crippen molar-refractivity contribution in [2.75, 3.05) is 6.61 Å². The first-order valence-corrected chi connectivity index (χ1v) is 12.4. The standard InChI is InChI=1S/C24H32Cl2FNO5/c1-2-3-4-5-6-7-8-11-32-22(31)23(27)16-13-19(24(28,20(16)23)21(29)30)33-14-15-9-10-17(25)18(26)12-15/h9-10,12,16,19-20H,2-8,11,13-14,28H2,1H3,(H,29,30)/t16-,19-,20+,23-,24+/m1/s1. The van der Waals surface area contributed by atoms with Crippen LogP contribution in [0.1, 0.15) is 63.9 Å². The monoisotopic (exact) mass is 503 g/mol. The first-order valence-electron chi connectivity index (χ1n) is 11.6. The van der Waals surface area contributed by atoms with E-state index in [1.807, 2.05) is 0 Å². The molecule has 0 heterocycles. The highest BCUT2D eigenvalue weighted by molar-refractivity contribution is 6.42. The Labute approximate surface area is 203 Å². The number of nitrogens with two attached hydrogens (primary N) is 1. The van der Waals surface area contributed by atoms with Crippen LogP contribution in [0.4, 0.5) is 4.39 Å². The predicted molar refractivity (Wildman–Crippen MR) is 124 cm³/mol. The molecule has 6 nitrogen and oxygen atoms in total. The van der Waals surface area contributed by atoms with Crippen LogP contribution in [0, 0.1) is 11.8 Å². The van der Waals surface area contributed by atoms with Gasteiger partial charge in [0, 0.05) is 11.8 Å². The number of hydrogen-bond donors (Lipinski definition) is 2. The summed E-state index contributed by atoms with van der Waals surface area (Å²) in [4.78, 5) is 24.5. The van der Waals surface area contributed by atoms with E-state index in [1.54, 1.807) is 18.2 Å². The molecular formula is C24H32Cl2FNO5. The third-order valence-electron chi connectivity index (χ3n) is 6.90. The number of carbonyl (C=O) groups excluding carboxylic acids is 1. The van der Waals surface area contributed by atoms with Crippen LogP contribution in [0.2, 0.25) is 10.0 Å². The van der Waals surface area contributed by atoms with Crippen molar-refractivity contribution in [3.63, 3.8) is 0 Å². The molecule has 3 N–H and O–H groups in total. The van der Waals surface area contributed by atoms with Crippen molar-refractivity contribution in [1.29, 1.82) is 0 Å². The lowest BCUT2D eigenvalue weighted by molar-refractivity contribution is -0.159. The van der Waals surface area contributed by atoms with Crippen LogP contribution < -0.4 is 5.73 Å². The molecule has 3 rings (SSSR count). The van der Waals surface area contributed by atoms with Crippen LogP contribution in [0.25, 0.3) is 0 Å². The van der Waals surface area contributed by atoms with E-state index in [9.17, 15) is 14.7 Å². The molecule has 1 aromatic carbocycles. The van der Waals surface area contributed by atoms with Crippen molar-refractivity contribution in [2.45, 2.75) is 82.2 Å². The normalized spacial score (nSPS) is 30.2. The number of rotatable bonds is 13. The molecule has 5 atom stereocenters. The van der Waals surface area contributed by atoms with Gasteiger partial charge in [0.05, 0.1) is 29.4 Å². The van der Waals surface area contributed by atoms with Crippen LogP contribution >= 0.6 is 23.2 Å². The second-order valence-electron chi connectivity index (χ2n) is 9.13. The second kappa shape index (κ2) is 10.9. The Morgan fingerprint density at radius 1 is 1.15 bits per heavy atom. The van der Waals surface area contributed by atoms with Crippen molar-refractivity contribution in [2.24, 2.45) is 17.6 Å². The maximum atomic E-state index is 15.5. The number of carboxylic acids is 1. The van der Waals surface area contributed by atoms with Crippen molar-refractivity contribution in [3.8, 4) is 0 Å². The number of fused-ring (bicyclic) bond motifs is 1. The summed E-state index contributed by atoms with van der Waals surface area (Å²) in [6.45, 7) is 2.32. The summed E-state index contributed by atoms with van der Waals surface area (Å²) >= 11 is 11.9. The number of carboxylic acid groups (broad SMARTS) is 1. The van der Waals surface area contributed by atoms with Crippen LogP contribution in [0.5, 0.6) is 0 Å². The minimum Gasteiger partial charge on any atom is -0.480 e. The average Bonchev–Trinajstić information content (AvgIpc) is 3.25. The summed E-state index contributed by atoms with van der Waals surface area (Å²) in [6, 6.07) is 4.91. The molecule has 0 unspecified atom stereocenters. The zero-order valence-electron chi connectivity index (χ0n) is 18.8. The van der Waals surface area contributed by atoms with Gasteiger partial charge in [0.25, 0.3) is 0 Å². The Bertz CT molecular complexity index is 871. The maximum absolute atomic E-state index is 15.5. The van der Waals surface area contributed by atoms with E-state index in [-0.39, 0.29) is 19.6 Å². The molecule has 9 heteroatoms. The molecule has 0 amide bonds. The number of hydrogen-bond acceptors (Lipinski definition) is 5.